The summed E-state index contributed by atoms with van der Waals surface area (Å²) in [6, 6.07) is 0.601. The van der Waals surface area contributed by atoms with Crippen LogP contribution in [0.25, 0.3) is 0 Å². The Labute approximate surface area is 134 Å². The molecule has 0 saturated heterocycles. The van der Waals surface area contributed by atoms with E-state index in [2.05, 4.69) is 39.5 Å². The molecule has 0 heterocycles. The highest BCUT2D eigenvalue weighted by atomic mass is 15.2. The van der Waals surface area contributed by atoms with E-state index in [0.717, 1.165) is 18.4 Å². The van der Waals surface area contributed by atoms with Crippen molar-refractivity contribution in [2.75, 3.05) is 19.6 Å². The zero-order chi connectivity index (χ0) is 16.1. The minimum atomic E-state index is 0.601. The molecule has 0 aliphatic carbocycles. The van der Waals surface area contributed by atoms with E-state index in [4.69, 9.17) is 5.73 Å². The van der Waals surface area contributed by atoms with Gasteiger partial charge < -0.3 is 5.73 Å². The Morgan fingerprint density at radius 1 is 0.762 bits per heavy atom. The van der Waals surface area contributed by atoms with Gasteiger partial charge in [-0.25, -0.2) is 0 Å². The highest BCUT2D eigenvalue weighted by Crippen LogP contribution is 2.15. The van der Waals surface area contributed by atoms with Crippen LogP contribution < -0.4 is 5.73 Å². The predicted octanol–water partition coefficient (Wildman–Crippen LogP) is 5.07. The third-order valence-electron chi connectivity index (χ3n) is 4.42. The molecule has 128 valence electrons. The summed E-state index contributed by atoms with van der Waals surface area (Å²) in [5.41, 5.74) is 6.09. The van der Waals surface area contributed by atoms with Crippen LogP contribution in [0.4, 0.5) is 0 Å². The second-order valence-electron chi connectivity index (χ2n) is 7.49. The first kappa shape index (κ1) is 20.9. The van der Waals surface area contributed by atoms with Gasteiger partial charge in [0.2, 0.25) is 0 Å². The van der Waals surface area contributed by atoms with Crippen LogP contribution in [0.3, 0.4) is 0 Å². The van der Waals surface area contributed by atoms with Gasteiger partial charge in [-0.1, -0.05) is 66.7 Å². The molecule has 0 bridgehead atoms. The summed E-state index contributed by atoms with van der Waals surface area (Å²) in [7, 11) is 0. The van der Waals surface area contributed by atoms with Crippen LogP contribution >= 0.6 is 0 Å². The Hall–Kier alpha value is -0.0800. The average molecular weight is 299 g/mol. The molecule has 0 radical (unpaired) electrons. The van der Waals surface area contributed by atoms with Crippen molar-refractivity contribution in [3.8, 4) is 0 Å². The summed E-state index contributed by atoms with van der Waals surface area (Å²) < 4.78 is 0. The quantitative estimate of drug-likeness (QED) is 0.454. The number of hydrogen-bond acceptors (Lipinski definition) is 2. The summed E-state index contributed by atoms with van der Waals surface area (Å²) in [6.07, 6.45) is 10.7. The van der Waals surface area contributed by atoms with Gasteiger partial charge >= 0.3 is 0 Å². The van der Waals surface area contributed by atoms with Crippen LogP contribution in [-0.4, -0.2) is 30.6 Å². The monoisotopic (exact) mass is 298 g/mol. The maximum atomic E-state index is 6.09. The molecule has 21 heavy (non-hydrogen) atoms. The van der Waals surface area contributed by atoms with Crippen LogP contribution in [0.1, 0.15) is 86.0 Å². The maximum Gasteiger partial charge on any atom is 0.0218 e. The standard InChI is InChI=1S/C19H42N2/c1-6-7-8-9-10-11-19(16-20)21(14-12-17(2)3)15-13-18(4)5/h17-19H,6-16,20H2,1-5H3. The Balaban J connectivity index is 4.22. The summed E-state index contributed by atoms with van der Waals surface area (Å²) in [4.78, 5) is 2.68. The van der Waals surface area contributed by atoms with E-state index in [1.54, 1.807) is 0 Å². The van der Waals surface area contributed by atoms with Gasteiger partial charge in [-0.3, -0.25) is 4.90 Å². The SMILES string of the molecule is CCCCCCCC(CN)N(CCC(C)C)CCC(C)C. The molecule has 0 aliphatic heterocycles. The van der Waals surface area contributed by atoms with Gasteiger partial charge in [0, 0.05) is 12.6 Å². The molecule has 2 N–H and O–H groups in total. The van der Waals surface area contributed by atoms with Crippen LogP contribution in [0.15, 0.2) is 0 Å². The molecule has 0 aromatic heterocycles. The highest BCUT2D eigenvalue weighted by Gasteiger charge is 2.17. The lowest BCUT2D eigenvalue weighted by atomic mass is 10.0. The molecule has 1 unspecified atom stereocenters. The first-order chi connectivity index (χ1) is 10.0. The van der Waals surface area contributed by atoms with E-state index < -0.39 is 0 Å². The van der Waals surface area contributed by atoms with Gasteiger partial charge in [-0.15, -0.1) is 0 Å². The lowest BCUT2D eigenvalue weighted by Gasteiger charge is -2.32. The van der Waals surface area contributed by atoms with Crippen LogP contribution in [0, 0.1) is 11.8 Å². The van der Waals surface area contributed by atoms with E-state index in [-0.39, 0.29) is 0 Å². The first-order valence-electron chi connectivity index (χ1n) is 9.45. The van der Waals surface area contributed by atoms with Crippen molar-refractivity contribution in [2.24, 2.45) is 17.6 Å². The Kier molecular flexibility index (Phi) is 13.5. The van der Waals surface area contributed by atoms with Gasteiger partial charge in [-0.05, 0) is 44.2 Å². The summed E-state index contributed by atoms with van der Waals surface area (Å²) >= 11 is 0. The minimum Gasteiger partial charge on any atom is -0.329 e. The van der Waals surface area contributed by atoms with Gasteiger partial charge in [0.05, 0.1) is 0 Å². The second-order valence-corrected chi connectivity index (χ2v) is 7.49. The lowest BCUT2D eigenvalue weighted by molar-refractivity contribution is 0.169. The highest BCUT2D eigenvalue weighted by molar-refractivity contribution is 4.74. The summed E-state index contributed by atoms with van der Waals surface area (Å²) in [5, 5.41) is 0. The summed E-state index contributed by atoms with van der Waals surface area (Å²) in [6.45, 7) is 14.8. The van der Waals surface area contributed by atoms with Crippen molar-refractivity contribution in [3.05, 3.63) is 0 Å². The summed E-state index contributed by atoms with van der Waals surface area (Å²) in [5.74, 6) is 1.57. The van der Waals surface area contributed by atoms with E-state index in [1.165, 1.54) is 64.5 Å². The van der Waals surface area contributed by atoms with E-state index in [1.807, 2.05) is 0 Å². The van der Waals surface area contributed by atoms with Gasteiger partial charge in [0.25, 0.3) is 0 Å². The number of hydrogen-bond donors (Lipinski definition) is 1. The molecule has 0 saturated carbocycles. The molecular formula is C19H42N2. The average Bonchev–Trinajstić information content (AvgIpc) is 2.43. The molecule has 2 heteroatoms. The molecular weight excluding hydrogens is 256 g/mol. The topological polar surface area (TPSA) is 29.3 Å². The third kappa shape index (κ3) is 12.2. The predicted molar refractivity (Wildman–Crippen MR) is 96.7 cm³/mol. The number of nitrogens with two attached hydrogens (primary N) is 1. The van der Waals surface area contributed by atoms with Crippen molar-refractivity contribution in [3.63, 3.8) is 0 Å². The molecule has 0 aliphatic rings. The Morgan fingerprint density at radius 3 is 1.71 bits per heavy atom. The molecule has 0 aromatic rings. The fourth-order valence-electron chi connectivity index (χ4n) is 2.76. The number of rotatable bonds is 14. The van der Waals surface area contributed by atoms with Crippen molar-refractivity contribution >= 4 is 0 Å². The van der Waals surface area contributed by atoms with Crippen LogP contribution in [-0.2, 0) is 0 Å². The Morgan fingerprint density at radius 2 is 1.29 bits per heavy atom. The van der Waals surface area contributed by atoms with Crippen LogP contribution in [0.2, 0.25) is 0 Å². The van der Waals surface area contributed by atoms with E-state index in [0.29, 0.717) is 6.04 Å². The molecule has 0 aromatic carbocycles. The molecule has 0 spiro atoms. The van der Waals surface area contributed by atoms with Crippen molar-refractivity contribution in [2.45, 2.75) is 92.0 Å². The maximum absolute atomic E-state index is 6.09. The molecule has 1 atom stereocenters. The van der Waals surface area contributed by atoms with E-state index >= 15 is 0 Å². The Bertz CT molecular complexity index is 202. The van der Waals surface area contributed by atoms with Crippen molar-refractivity contribution in [1.82, 2.24) is 4.90 Å². The minimum absolute atomic E-state index is 0.601. The molecule has 0 fully saturated rings. The smallest absolute Gasteiger partial charge is 0.0218 e. The fraction of sp³-hybridized carbons (Fsp3) is 1.00. The molecule has 0 amide bonds. The number of nitrogens with zero attached hydrogens (tertiary/aromatic N) is 1. The lowest BCUT2D eigenvalue weighted by Crippen LogP contribution is -2.42. The van der Waals surface area contributed by atoms with Gasteiger partial charge in [-0.2, -0.15) is 0 Å². The third-order valence-corrected chi connectivity index (χ3v) is 4.42. The normalized spacial score (nSPS) is 13.6. The molecule has 0 rings (SSSR count). The second kappa shape index (κ2) is 13.6. The fourth-order valence-corrected chi connectivity index (χ4v) is 2.76. The zero-order valence-corrected chi connectivity index (χ0v) is 15.5. The van der Waals surface area contributed by atoms with Gasteiger partial charge in [0.15, 0.2) is 0 Å². The zero-order valence-electron chi connectivity index (χ0n) is 15.5. The first-order valence-corrected chi connectivity index (χ1v) is 9.45. The largest absolute Gasteiger partial charge is 0.329 e. The van der Waals surface area contributed by atoms with E-state index in [9.17, 15) is 0 Å². The van der Waals surface area contributed by atoms with Crippen molar-refractivity contribution < 1.29 is 0 Å². The molecule has 2 nitrogen and oxygen atoms in total. The van der Waals surface area contributed by atoms with Crippen molar-refractivity contribution in [1.29, 1.82) is 0 Å². The number of unbranched alkanes of at least 4 members (excludes halogenated alkanes) is 4. The van der Waals surface area contributed by atoms with Crippen LogP contribution in [0.5, 0.6) is 0 Å². The van der Waals surface area contributed by atoms with Gasteiger partial charge in [0.1, 0.15) is 0 Å².